The Labute approximate surface area is 151 Å². The molecule has 0 aromatic carbocycles. The molecule has 0 aliphatic rings. The van der Waals surface area contributed by atoms with Crippen molar-refractivity contribution in [1.29, 1.82) is 0 Å². The number of nitrogens with one attached hydrogen (secondary N) is 2. The Morgan fingerprint density at radius 2 is 1.91 bits per heavy atom. The second kappa shape index (κ2) is 10.7. The molecule has 0 atom stereocenters. The van der Waals surface area contributed by atoms with E-state index in [4.69, 9.17) is 0 Å². The van der Waals surface area contributed by atoms with Gasteiger partial charge in [-0.2, -0.15) is 13.2 Å². The third-order valence-corrected chi connectivity index (χ3v) is 3.09. The van der Waals surface area contributed by atoms with Crippen LogP contribution >= 0.6 is 24.0 Å². The number of rotatable bonds is 7. The number of hydrogen-bond donors (Lipinski definition) is 2. The molecule has 1 aromatic rings. The first-order valence-corrected chi connectivity index (χ1v) is 7.27. The third-order valence-electron chi connectivity index (χ3n) is 3.09. The van der Waals surface area contributed by atoms with Gasteiger partial charge in [-0.05, 0) is 26.7 Å². The fourth-order valence-corrected chi connectivity index (χ4v) is 1.74. The van der Waals surface area contributed by atoms with Crippen molar-refractivity contribution in [3.05, 3.63) is 11.6 Å². The molecule has 23 heavy (non-hydrogen) atoms. The molecule has 0 spiro atoms. The lowest BCUT2D eigenvalue weighted by molar-refractivity contribution is -0.135. The van der Waals surface area contributed by atoms with Gasteiger partial charge in [-0.15, -0.1) is 34.2 Å². The van der Waals surface area contributed by atoms with Gasteiger partial charge in [0.05, 0.1) is 0 Å². The monoisotopic (exact) mass is 448 g/mol. The second-order valence-electron chi connectivity index (χ2n) is 4.92. The highest BCUT2D eigenvalue weighted by molar-refractivity contribution is 14.0. The molecule has 0 fully saturated rings. The van der Waals surface area contributed by atoms with Crippen molar-refractivity contribution < 1.29 is 13.2 Å². The van der Waals surface area contributed by atoms with Gasteiger partial charge in [0.2, 0.25) is 0 Å². The van der Waals surface area contributed by atoms with Crippen LogP contribution in [0.5, 0.6) is 0 Å². The molecule has 1 rings (SSSR count). The van der Waals surface area contributed by atoms with Gasteiger partial charge in [0.25, 0.3) is 0 Å². The minimum Gasteiger partial charge on any atom is -0.357 e. The predicted molar refractivity (Wildman–Crippen MR) is 93.9 cm³/mol. The Morgan fingerprint density at radius 1 is 1.22 bits per heavy atom. The molecule has 0 unspecified atom stereocenters. The van der Waals surface area contributed by atoms with Crippen molar-refractivity contribution in [2.24, 2.45) is 12.0 Å². The SMILES string of the molecule is CCNC(=NCc1nnc(C)n1C)NCCCCC(F)(F)F.I. The Kier molecular flexibility index (Phi) is 10.2. The summed E-state index contributed by atoms with van der Waals surface area (Å²) in [5, 5.41) is 14.0. The summed E-state index contributed by atoms with van der Waals surface area (Å²) >= 11 is 0. The Hall–Kier alpha value is -1.07. The normalized spacial score (nSPS) is 12.0. The largest absolute Gasteiger partial charge is 0.389 e. The lowest BCUT2D eigenvalue weighted by atomic mass is 10.2. The lowest BCUT2D eigenvalue weighted by Gasteiger charge is -2.11. The smallest absolute Gasteiger partial charge is 0.357 e. The van der Waals surface area contributed by atoms with Gasteiger partial charge >= 0.3 is 6.18 Å². The highest BCUT2D eigenvalue weighted by Gasteiger charge is 2.25. The van der Waals surface area contributed by atoms with E-state index >= 15 is 0 Å². The molecule has 134 valence electrons. The maximum absolute atomic E-state index is 12.0. The van der Waals surface area contributed by atoms with E-state index in [-0.39, 0.29) is 30.4 Å². The molecule has 10 heteroatoms. The quantitative estimate of drug-likeness (QED) is 0.291. The molecule has 1 aromatic heterocycles. The zero-order valence-corrected chi connectivity index (χ0v) is 15.9. The third kappa shape index (κ3) is 8.96. The van der Waals surface area contributed by atoms with E-state index in [1.54, 1.807) is 0 Å². The van der Waals surface area contributed by atoms with Crippen LogP contribution in [-0.4, -0.2) is 40.0 Å². The first-order chi connectivity index (χ1) is 10.3. The Bertz CT molecular complexity index is 487. The minimum absolute atomic E-state index is 0. The molecule has 2 N–H and O–H groups in total. The van der Waals surface area contributed by atoms with Crippen molar-refractivity contribution >= 4 is 29.9 Å². The van der Waals surface area contributed by atoms with E-state index < -0.39 is 12.6 Å². The lowest BCUT2D eigenvalue weighted by Crippen LogP contribution is -2.37. The van der Waals surface area contributed by atoms with Crippen LogP contribution in [0, 0.1) is 6.92 Å². The number of aliphatic imine (C=N–C) groups is 1. The molecule has 0 aliphatic heterocycles. The summed E-state index contributed by atoms with van der Waals surface area (Å²) in [7, 11) is 1.86. The molecule has 0 radical (unpaired) electrons. The summed E-state index contributed by atoms with van der Waals surface area (Å²) in [6, 6.07) is 0. The van der Waals surface area contributed by atoms with Crippen LogP contribution in [0.4, 0.5) is 13.2 Å². The predicted octanol–water partition coefficient (Wildman–Crippen LogP) is 2.53. The van der Waals surface area contributed by atoms with Crippen LogP contribution in [0.1, 0.15) is 37.8 Å². The van der Waals surface area contributed by atoms with E-state index in [2.05, 4.69) is 25.8 Å². The summed E-state index contributed by atoms with van der Waals surface area (Å²) in [6.45, 7) is 5.25. The molecular weight excluding hydrogens is 424 g/mol. The first kappa shape index (κ1) is 21.9. The second-order valence-corrected chi connectivity index (χ2v) is 4.92. The highest BCUT2D eigenvalue weighted by Crippen LogP contribution is 2.21. The molecule has 6 nitrogen and oxygen atoms in total. The van der Waals surface area contributed by atoms with E-state index in [9.17, 15) is 13.2 Å². The summed E-state index contributed by atoms with van der Waals surface area (Å²) in [6.07, 6.45) is -4.28. The summed E-state index contributed by atoms with van der Waals surface area (Å²) in [4.78, 5) is 4.35. The standard InChI is InChI=1S/C13H23F3N6.HI/c1-4-17-12(18-8-6-5-7-13(14,15)16)19-9-11-21-20-10(2)22(11)3;/h4-9H2,1-3H3,(H2,17,18,19);1H. The van der Waals surface area contributed by atoms with E-state index in [0.717, 1.165) is 11.6 Å². The van der Waals surface area contributed by atoms with Crippen molar-refractivity contribution in [3.63, 3.8) is 0 Å². The van der Waals surface area contributed by atoms with Crippen molar-refractivity contribution in [1.82, 2.24) is 25.4 Å². The maximum atomic E-state index is 12.0. The van der Waals surface area contributed by atoms with E-state index in [0.29, 0.717) is 32.0 Å². The van der Waals surface area contributed by atoms with Crippen molar-refractivity contribution in [3.8, 4) is 0 Å². The highest BCUT2D eigenvalue weighted by atomic mass is 127. The zero-order chi connectivity index (χ0) is 16.6. The van der Waals surface area contributed by atoms with Crippen LogP contribution in [0.15, 0.2) is 4.99 Å². The van der Waals surface area contributed by atoms with Gasteiger partial charge in [0, 0.05) is 26.6 Å². The Morgan fingerprint density at radius 3 is 2.43 bits per heavy atom. The molecule has 1 heterocycles. The van der Waals surface area contributed by atoms with Crippen LogP contribution in [0.2, 0.25) is 0 Å². The van der Waals surface area contributed by atoms with Gasteiger partial charge in [-0.3, -0.25) is 0 Å². The van der Waals surface area contributed by atoms with Gasteiger partial charge in [-0.25, -0.2) is 4.99 Å². The minimum atomic E-state index is -4.08. The summed E-state index contributed by atoms with van der Waals surface area (Å²) in [5.41, 5.74) is 0. The Balaban J connectivity index is 0.00000484. The molecular formula is C13H24F3IN6. The fraction of sp³-hybridized carbons (Fsp3) is 0.769. The fourth-order valence-electron chi connectivity index (χ4n) is 1.74. The number of unbranched alkanes of at least 4 members (excludes halogenated alkanes) is 1. The molecule has 0 aliphatic carbocycles. The molecule has 0 saturated carbocycles. The summed E-state index contributed by atoms with van der Waals surface area (Å²) in [5.74, 6) is 2.09. The average Bonchev–Trinajstić information content (AvgIpc) is 2.74. The molecule has 0 saturated heterocycles. The number of halogens is 4. The van der Waals surface area contributed by atoms with Crippen LogP contribution in [0.25, 0.3) is 0 Å². The van der Waals surface area contributed by atoms with Gasteiger partial charge in [0.1, 0.15) is 12.4 Å². The average molecular weight is 448 g/mol. The van der Waals surface area contributed by atoms with Crippen molar-refractivity contribution in [2.45, 2.75) is 45.8 Å². The first-order valence-electron chi connectivity index (χ1n) is 7.27. The molecule has 0 bridgehead atoms. The van der Waals surface area contributed by atoms with Crippen LogP contribution < -0.4 is 10.6 Å². The number of aromatic nitrogens is 3. The van der Waals surface area contributed by atoms with Gasteiger partial charge in [0.15, 0.2) is 11.8 Å². The number of nitrogens with zero attached hydrogens (tertiary/aromatic N) is 4. The molecule has 0 amide bonds. The number of aryl methyl sites for hydroxylation is 1. The van der Waals surface area contributed by atoms with Gasteiger partial charge < -0.3 is 15.2 Å². The van der Waals surface area contributed by atoms with Crippen molar-refractivity contribution in [2.75, 3.05) is 13.1 Å². The number of hydrogen-bond acceptors (Lipinski definition) is 3. The van der Waals surface area contributed by atoms with Crippen LogP contribution in [0.3, 0.4) is 0 Å². The topological polar surface area (TPSA) is 67.1 Å². The number of guanidine groups is 1. The zero-order valence-electron chi connectivity index (χ0n) is 13.6. The number of alkyl halides is 3. The van der Waals surface area contributed by atoms with E-state index in [1.807, 2.05) is 25.5 Å². The summed E-state index contributed by atoms with van der Waals surface area (Å²) < 4.78 is 38.0. The van der Waals surface area contributed by atoms with Crippen LogP contribution in [-0.2, 0) is 13.6 Å². The van der Waals surface area contributed by atoms with Gasteiger partial charge in [-0.1, -0.05) is 0 Å². The van der Waals surface area contributed by atoms with E-state index in [1.165, 1.54) is 0 Å². The maximum Gasteiger partial charge on any atom is 0.389 e.